The van der Waals surface area contributed by atoms with Crippen molar-refractivity contribution >= 4 is 17.7 Å². The normalized spacial score (nSPS) is 13.9. The second-order valence-electron chi connectivity index (χ2n) is 4.55. The third-order valence-corrected chi connectivity index (χ3v) is 2.58. The minimum atomic E-state index is -0.595. The predicted molar refractivity (Wildman–Crippen MR) is 65.8 cm³/mol. The predicted octanol–water partition coefficient (Wildman–Crippen LogP) is 1.73. The molecule has 0 spiro atoms. The van der Waals surface area contributed by atoms with Gasteiger partial charge in [0.25, 0.3) is 0 Å². The number of carbonyl (C=O) groups excluding carboxylic acids is 3. The molecule has 0 radical (unpaired) electrons. The minimum Gasteiger partial charge on any atom is -0.465 e. The molecule has 0 amide bonds. The first kappa shape index (κ1) is 16.6. The SMILES string of the molecule is CCC(=O)[C@@H](COC(C)=O)[C@@H](OC(C)=O)C(C)C. The fourth-order valence-corrected chi connectivity index (χ4v) is 1.71. The number of Topliss-reactive ketones (excluding diaryl/α,β-unsaturated/α-hetero) is 1. The van der Waals surface area contributed by atoms with Crippen LogP contribution < -0.4 is 0 Å². The van der Waals surface area contributed by atoms with Crippen molar-refractivity contribution < 1.29 is 23.9 Å². The van der Waals surface area contributed by atoms with Gasteiger partial charge in [-0.1, -0.05) is 20.8 Å². The van der Waals surface area contributed by atoms with Crippen LogP contribution in [0.1, 0.15) is 41.0 Å². The molecule has 0 rings (SSSR count). The van der Waals surface area contributed by atoms with Gasteiger partial charge < -0.3 is 9.47 Å². The summed E-state index contributed by atoms with van der Waals surface area (Å²) in [6.07, 6.45) is -0.245. The van der Waals surface area contributed by atoms with Gasteiger partial charge in [0, 0.05) is 20.3 Å². The fourth-order valence-electron chi connectivity index (χ4n) is 1.71. The van der Waals surface area contributed by atoms with Crippen LogP contribution in [0.15, 0.2) is 0 Å². The molecule has 104 valence electrons. The highest BCUT2D eigenvalue weighted by molar-refractivity contribution is 5.82. The van der Waals surface area contributed by atoms with Gasteiger partial charge in [0.1, 0.15) is 18.5 Å². The zero-order valence-corrected chi connectivity index (χ0v) is 11.7. The summed E-state index contributed by atoms with van der Waals surface area (Å²) in [4.78, 5) is 33.8. The van der Waals surface area contributed by atoms with E-state index < -0.39 is 24.0 Å². The number of hydrogen-bond donors (Lipinski definition) is 0. The summed E-state index contributed by atoms with van der Waals surface area (Å²) in [5, 5.41) is 0. The molecule has 0 aromatic heterocycles. The zero-order chi connectivity index (χ0) is 14.3. The van der Waals surface area contributed by atoms with Crippen LogP contribution in [-0.4, -0.2) is 30.4 Å². The van der Waals surface area contributed by atoms with Gasteiger partial charge in [-0.2, -0.15) is 0 Å². The van der Waals surface area contributed by atoms with Crippen molar-refractivity contribution in [3.63, 3.8) is 0 Å². The van der Waals surface area contributed by atoms with Crippen LogP contribution in [0.5, 0.6) is 0 Å². The molecule has 0 aromatic rings. The molecule has 0 bridgehead atoms. The van der Waals surface area contributed by atoms with E-state index in [1.807, 2.05) is 13.8 Å². The van der Waals surface area contributed by atoms with Gasteiger partial charge in [-0.05, 0) is 5.92 Å². The van der Waals surface area contributed by atoms with Crippen LogP contribution in [0.4, 0.5) is 0 Å². The number of esters is 2. The lowest BCUT2D eigenvalue weighted by atomic mass is 9.89. The first-order chi connectivity index (χ1) is 8.29. The standard InChI is InChI=1S/C13H22O5/c1-6-12(16)11(7-17-9(4)14)13(8(2)3)18-10(5)15/h8,11,13H,6-7H2,1-5H3/t11-,13+/m1/s1. The first-order valence-electron chi connectivity index (χ1n) is 6.12. The summed E-state index contributed by atoms with van der Waals surface area (Å²) in [7, 11) is 0. The number of ether oxygens (including phenoxy) is 2. The Hall–Kier alpha value is -1.39. The molecule has 0 aromatic carbocycles. The Labute approximate surface area is 108 Å². The molecular weight excluding hydrogens is 236 g/mol. The molecule has 0 aliphatic heterocycles. The number of hydrogen-bond acceptors (Lipinski definition) is 5. The Kier molecular flexibility index (Phi) is 7.24. The smallest absolute Gasteiger partial charge is 0.302 e. The molecule has 0 saturated heterocycles. The molecule has 0 saturated carbocycles. The lowest BCUT2D eigenvalue weighted by molar-refractivity contribution is -0.158. The molecule has 5 nitrogen and oxygen atoms in total. The van der Waals surface area contributed by atoms with Crippen LogP contribution in [0.25, 0.3) is 0 Å². The molecule has 0 N–H and O–H groups in total. The van der Waals surface area contributed by atoms with Gasteiger partial charge in [0.2, 0.25) is 0 Å². The topological polar surface area (TPSA) is 69.7 Å². The van der Waals surface area contributed by atoms with Gasteiger partial charge in [-0.3, -0.25) is 14.4 Å². The average molecular weight is 258 g/mol. The van der Waals surface area contributed by atoms with Gasteiger partial charge in [-0.15, -0.1) is 0 Å². The quantitative estimate of drug-likeness (QED) is 0.650. The van der Waals surface area contributed by atoms with Crippen LogP contribution >= 0.6 is 0 Å². The van der Waals surface area contributed by atoms with Gasteiger partial charge in [0.05, 0.1) is 5.92 Å². The maximum Gasteiger partial charge on any atom is 0.302 e. The summed E-state index contributed by atoms with van der Waals surface area (Å²) in [6, 6.07) is 0. The Morgan fingerprint density at radius 2 is 1.61 bits per heavy atom. The number of carbonyl (C=O) groups is 3. The van der Waals surface area contributed by atoms with E-state index >= 15 is 0 Å². The monoisotopic (exact) mass is 258 g/mol. The highest BCUT2D eigenvalue weighted by Gasteiger charge is 2.33. The fraction of sp³-hybridized carbons (Fsp3) is 0.769. The van der Waals surface area contributed by atoms with Gasteiger partial charge in [0.15, 0.2) is 0 Å². The van der Waals surface area contributed by atoms with Crippen LogP contribution in [0.2, 0.25) is 0 Å². The van der Waals surface area contributed by atoms with Crippen molar-refractivity contribution in [2.45, 2.75) is 47.1 Å². The maximum absolute atomic E-state index is 11.9. The highest BCUT2D eigenvalue weighted by atomic mass is 16.6. The number of rotatable bonds is 7. The van der Waals surface area contributed by atoms with Crippen LogP contribution in [0.3, 0.4) is 0 Å². The summed E-state index contributed by atoms with van der Waals surface area (Å²) in [5.74, 6) is -1.58. The van der Waals surface area contributed by atoms with Crippen molar-refractivity contribution in [3.05, 3.63) is 0 Å². The molecule has 5 heteroatoms. The lowest BCUT2D eigenvalue weighted by Crippen LogP contribution is -2.39. The second kappa shape index (κ2) is 7.84. The average Bonchev–Trinajstić information content (AvgIpc) is 2.26. The van der Waals surface area contributed by atoms with E-state index in [9.17, 15) is 14.4 Å². The van der Waals surface area contributed by atoms with Crippen molar-refractivity contribution in [1.82, 2.24) is 0 Å². The third kappa shape index (κ3) is 5.80. The largest absolute Gasteiger partial charge is 0.465 e. The molecule has 0 aliphatic carbocycles. The van der Waals surface area contributed by atoms with Crippen LogP contribution in [-0.2, 0) is 23.9 Å². The molecular formula is C13H22O5. The molecule has 18 heavy (non-hydrogen) atoms. The third-order valence-electron chi connectivity index (χ3n) is 2.58. The zero-order valence-electron chi connectivity index (χ0n) is 11.7. The van der Waals surface area contributed by atoms with E-state index in [4.69, 9.17) is 9.47 Å². The summed E-state index contributed by atoms with van der Waals surface area (Å²) in [6.45, 7) is 7.99. The van der Waals surface area contributed by atoms with Gasteiger partial charge in [-0.25, -0.2) is 0 Å². The minimum absolute atomic E-state index is 0.0232. The maximum atomic E-state index is 11.9. The Morgan fingerprint density at radius 1 is 1.06 bits per heavy atom. The van der Waals surface area contributed by atoms with E-state index in [-0.39, 0.29) is 18.3 Å². The lowest BCUT2D eigenvalue weighted by Gasteiger charge is -2.28. The van der Waals surface area contributed by atoms with E-state index in [0.717, 1.165) is 0 Å². The summed E-state index contributed by atoms with van der Waals surface area (Å²) in [5.41, 5.74) is 0. The molecule has 0 aliphatic rings. The van der Waals surface area contributed by atoms with Crippen LogP contribution in [0, 0.1) is 11.8 Å². The highest BCUT2D eigenvalue weighted by Crippen LogP contribution is 2.20. The molecule has 2 atom stereocenters. The number of ketones is 1. The van der Waals surface area contributed by atoms with E-state index in [0.29, 0.717) is 6.42 Å². The van der Waals surface area contributed by atoms with E-state index in [1.54, 1.807) is 6.92 Å². The molecule has 0 fully saturated rings. The summed E-state index contributed by atoms with van der Waals surface area (Å²) >= 11 is 0. The Balaban J connectivity index is 4.90. The molecule has 0 heterocycles. The Bertz CT molecular complexity index is 309. The van der Waals surface area contributed by atoms with E-state index in [1.165, 1.54) is 13.8 Å². The van der Waals surface area contributed by atoms with Crippen molar-refractivity contribution in [1.29, 1.82) is 0 Å². The Morgan fingerprint density at radius 3 is 1.94 bits per heavy atom. The van der Waals surface area contributed by atoms with Crippen molar-refractivity contribution in [3.8, 4) is 0 Å². The van der Waals surface area contributed by atoms with E-state index in [2.05, 4.69) is 0 Å². The van der Waals surface area contributed by atoms with Crippen molar-refractivity contribution in [2.24, 2.45) is 11.8 Å². The summed E-state index contributed by atoms with van der Waals surface area (Å²) < 4.78 is 10.1. The first-order valence-corrected chi connectivity index (χ1v) is 6.12. The van der Waals surface area contributed by atoms with Gasteiger partial charge >= 0.3 is 11.9 Å². The van der Waals surface area contributed by atoms with Crippen molar-refractivity contribution in [2.75, 3.05) is 6.61 Å². The molecule has 0 unspecified atom stereocenters. The second-order valence-corrected chi connectivity index (χ2v) is 4.55.